The van der Waals surface area contributed by atoms with Crippen LogP contribution in [0.15, 0.2) is 12.4 Å². The van der Waals surface area contributed by atoms with Gasteiger partial charge in [0.25, 0.3) is 0 Å². The van der Waals surface area contributed by atoms with Crippen LogP contribution in [0, 0.1) is 0 Å². The third kappa shape index (κ3) is 21.7. The summed E-state index contributed by atoms with van der Waals surface area (Å²) in [6.45, 7) is 9.47. The minimum atomic E-state index is 0.641. The average molecular weight is 547 g/mol. The van der Waals surface area contributed by atoms with Gasteiger partial charge in [-0.3, -0.25) is 0 Å². The van der Waals surface area contributed by atoms with E-state index in [2.05, 4.69) is 43.0 Å². The highest BCUT2D eigenvalue weighted by molar-refractivity contribution is 4.97. The Morgan fingerprint density at radius 3 is 0.897 bits per heavy atom. The van der Waals surface area contributed by atoms with Crippen molar-refractivity contribution >= 4 is 0 Å². The molecule has 2 nitrogen and oxygen atoms in total. The van der Waals surface area contributed by atoms with Crippen LogP contribution in [0.25, 0.3) is 0 Å². The van der Waals surface area contributed by atoms with Crippen LogP contribution in [0.3, 0.4) is 0 Å². The largest absolute Gasteiger partial charge is 0.356 e. The van der Waals surface area contributed by atoms with E-state index >= 15 is 0 Å². The maximum Gasteiger partial charge on any atom is 0.101 e. The monoisotopic (exact) mass is 547 g/mol. The zero-order valence-electron chi connectivity index (χ0n) is 27.5. The van der Waals surface area contributed by atoms with E-state index in [4.69, 9.17) is 0 Å². The van der Waals surface area contributed by atoms with Crippen molar-refractivity contribution in [1.82, 2.24) is 9.80 Å². The average Bonchev–Trinajstić information content (AvgIpc) is 3.33. The fourth-order valence-electron chi connectivity index (χ4n) is 6.36. The van der Waals surface area contributed by atoms with Gasteiger partial charge in [0, 0.05) is 25.5 Å². The van der Waals surface area contributed by atoms with E-state index in [1.54, 1.807) is 0 Å². The molecule has 0 aromatic carbocycles. The van der Waals surface area contributed by atoms with E-state index in [9.17, 15) is 0 Å². The number of hydrogen-bond donors (Lipinski definition) is 0. The van der Waals surface area contributed by atoms with Gasteiger partial charge < -0.3 is 9.80 Å². The van der Waals surface area contributed by atoms with Crippen LogP contribution in [0.2, 0.25) is 0 Å². The molecule has 0 N–H and O–H groups in total. The Morgan fingerprint density at radius 2 is 0.590 bits per heavy atom. The molecule has 0 fully saturated rings. The molecule has 1 unspecified atom stereocenters. The van der Waals surface area contributed by atoms with Crippen molar-refractivity contribution < 1.29 is 0 Å². The third-order valence-electron chi connectivity index (χ3n) is 9.07. The summed E-state index contributed by atoms with van der Waals surface area (Å²) in [4.78, 5) is 5.40. The van der Waals surface area contributed by atoms with Gasteiger partial charge in [-0.05, 0) is 25.7 Å². The van der Waals surface area contributed by atoms with Crippen LogP contribution in [-0.2, 0) is 0 Å². The minimum absolute atomic E-state index is 0.641. The van der Waals surface area contributed by atoms with E-state index in [0.717, 1.165) is 0 Å². The van der Waals surface area contributed by atoms with Crippen molar-refractivity contribution in [2.75, 3.05) is 13.1 Å². The van der Waals surface area contributed by atoms with E-state index in [1.807, 2.05) is 0 Å². The highest BCUT2D eigenvalue weighted by Crippen LogP contribution is 2.24. The molecular weight excluding hydrogens is 472 g/mol. The van der Waals surface area contributed by atoms with Crippen LogP contribution in [0.1, 0.15) is 207 Å². The molecule has 1 atom stereocenters. The molecule has 1 heterocycles. The summed E-state index contributed by atoms with van der Waals surface area (Å²) in [5, 5.41) is 0. The van der Waals surface area contributed by atoms with Crippen molar-refractivity contribution in [3.05, 3.63) is 12.4 Å². The molecule has 1 aliphatic heterocycles. The molecule has 0 spiro atoms. The van der Waals surface area contributed by atoms with Crippen LogP contribution >= 0.6 is 0 Å². The van der Waals surface area contributed by atoms with Gasteiger partial charge in [0.2, 0.25) is 0 Å². The molecule has 0 bridgehead atoms. The zero-order valence-corrected chi connectivity index (χ0v) is 27.5. The van der Waals surface area contributed by atoms with Crippen molar-refractivity contribution in [2.45, 2.75) is 213 Å². The molecule has 1 aliphatic rings. The molecule has 0 radical (unpaired) electrons. The molecule has 1 rings (SSSR count). The maximum atomic E-state index is 2.70. The molecule has 0 aromatic heterocycles. The first-order chi connectivity index (χ1) is 19.3. The summed E-state index contributed by atoms with van der Waals surface area (Å²) in [5.41, 5.74) is 0. The Hall–Kier alpha value is -0.660. The van der Waals surface area contributed by atoms with Gasteiger partial charge >= 0.3 is 0 Å². The SMILES string of the molecule is CCCCCCCCCCCCCCCCC1N(CCCCCCC)C=CN1CCCCCCCCCCC. The lowest BCUT2D eigenvalue weighted by molar-refractivity contribution is 0.135. The van der Waals surface area contributed by atoms with Crippen LogP contribution in [0.4, 0.5) is 0 Å². The van der Waals surface area contributed by atoms with Crippen LogP contribution in [-0.4, -0.2) is 29.1 Å². The zero-order chi connectivity index (χ0) is 28.1. The van der Waals surface area contributed by atoms with Gasteiger partial charge in [0.15, 0.2) is 0 Å². The summed E-state index contributed by atoms with van der Waals surface area (Å²) in [5.74, 6) is 0. The maximum absolute atomic E-state index is 2.70. The summed E-state index contributed by atoms with van der Waals surface area (Å²) in [6.07, 6.45) is 47.0. The minimum Gasteiger partial charge on any atom is -0.356 e. The lowest BCUT2D eigenvalue weighted by Crippen LogP contribution is -2.39. The molecule has 39 heavy (non-hydrogen) atoms. The van der Waals surface area contributed by atoms with Gasteiger partial charge in [-0.1, -0.05) is 181 Å². The molecule has 0 amide bonds. The second-order valence-corrected chi connectivity index (χ2v) is 12.9. The highest BCUT2D eigenvalue weighted by Gasteiger charge is 2.24. The van der Waals surface area contributed by atoms with Crippen molar-refractivity contribution in [1.29, 1.82) is 0 Å². The lowest BCUT2D eigenvalue weighted by Gasteiger charge is -2.33. The normalized spacial score (nSPS) is 15.2. The van der Waals surface area contributed by atoms with E-state index in [1.165, 1.54) is 199 Å². The standard InChI is InChI=1S/C37H74N2/c1-4-7-10-13-15-17-18-19-20-21-22-24-26-29-32-37-38(33-30-27-12-9-6-3)35-36-39(37)34-31-28-25-23-16-14-11-8-5-2/h35-37H,4-34H2,1-3H3. The number of hydrogen-bond acceptors (Lipinski definition) is 2. The van der Waals surface area contributed by atoms with E-state index in [-0.39, 0.29) is 0 Å². The van der Waals surface area contributed by atoms with Crippen molar-refractivity contribution in [3.63, 3.8) is 0 Å². The van der Waals surface area contributed by atoms with Crippen molar-refractivity contribution in [3.8, 4) is 0 Å². The summed E-state index contributed by atoms with van der Waals surface area (Å²) in [7, 11) is 0. The fourth-order valence-corrected chi connectivity index (χ4v) is 6.36. The molecule has 0 saturated heterocycles. The van der Waals surface area contributed by atoms with Gasteiger partial charge in [-0.25, -0.2) is 0 Å². The van der Waals surface area contributed by atoms with Gasteiger partial charge in [0.1, 0.15) is 6.17 Å². The highest BCUT2D eigenvalue weighted by atomic mass is 15.4. The van der Waals surface area contributed by atoms with E-state index < -0.39 is 0 Å². The second-order valence-electron chi connectivity index (χ2n) is 12.9. The fraction of sp³-hybridized carbons (Fsp3) is 0.946. The number of rotatable bonds is 31. The van der Waals surface area contributed by atoms with Gasteiger partial charge in [-0.15, -0.1) is 0 Å². The molecular formula is C37H74N2. The number of nitrogens with zero attached hydrogens (tertiary/aromatic N) is 2. The Morgan fingerprint density at radius 1 is 0.333 bits per heavy atom. The summed E-state index contributed by atoms with van der Waals surface area (Å²) in [6, 6.07) is 0. The Labute approximate surface area is 248 Å². The predicted octanol–water partition coefficient (Wildman–Crippen LogP) is 12.8. The molecule has 232 valence electrons. The topological polar surface area (TPSA) is 6.48 Å². The molecule has 0 saturated carbocycles. The Balaban J connectivity index is 2.17. The van der Waals surface area contributed by atoms with Gasteiger partial charge in [-0.2, -0.15) is 0 Å². The Kier molecular flexibility index (Phi) is 26.9. The summed E-state index contributed by atoms with van der Waals surface area (Å²) >= 11 is 0. The second kappa shape index (κ2) is 28.9. The third-order valence-corrected chi connectivity index (χ3v) is 9.07. The number of unbranched alkanes of at least 4 members (excludes halogenated alkanes) is 25. The first-order valence-electron chi connectivity index (χ1n) is 18.5. The first-order valence-corrected chi connectivity index (χ1v) is 18.5. The Bertz CT molecular complexity index is 502. The van der Waals surface area contributed by atoms with Gasteiger partial charge in [0.05, 0.1) is 0 Å². The molecule has 0 aliphatic carbocycles. The van der Waals surface area contributed by atoms with Crippen molar-refractivity contribution in [2.24, 2.45) is 0 Å². The molecule has 0 aromatic rings. The molecule has 2 heteroatoms. The van der Waals surface area contributed by atoms with Crippen LogP contribution in [0.5, 0.6) is 0 Å². The lowest BCUT2D eigenvalue weighted by atomic mass is 10.0. The quantitative estimate of drug-likeness (QED) is 0.0798. The predicted molar refractivity (Wildman–Crippen MR) is 177 cm³/mol. The first kappa shape index (κ1) is 36.4. The van der Waals surface area contributed by atoms with E-state index in [0.29, 0.717) is 6.17 Å². The summed E-state index contributed by atoms with van der Waals surface area (Å²) < 4.78 is 0. The smallest absolute Gasteiger partial charge is 0.101 e. The van der Waals surface area contributed by atoms with Crippen LogP contribution < -0.4 is 0 Å².